The number of hydrogen-bond acceptors (Lipinski definition) is 1. The average molecular weight is 322 g/mol. The van der Waals surface area contributed by atoms with E-state index in [1.54, 1.807) is 0 Å². The van der Waals surface area contributed by atoms with E-state index in [2.05, 4.69) is 30.4 Å². The summed E-state index contributed by atoms with van der Waals surface area (Å²) in [4.78, 5) is 0. The molecule has 1 unspecified atom stereocenters. The van der Waals surface area contributed by atoms with Crippen molar-refractivity contribution in [3.63, 3.8) is 0 Å². The Morgan fingerprint density at radius 1 is 1.00 bits per heavy atom. The first-order chi connectivity index (χ1) is 11.8. The van der Waals surface area contributed by atoms with E-state index >= 15 is 0 Å². The van der Waals surface area contributed by atoms with Crippen molar-refractivity contribution in [2.24, 2.45) is 0 Å². The molecule has 0 spiro atoms. The van der Waals surface area contributed by atoms with Gasteiger partial charge in [-0.1, -0.05) is 61.5 Å². The Kier molecular flexibility index (Phi) is 5.47. The fraction of sp³-hybridized carbons (Fsp3) is 0.273. The first-order valence-electron chi connectivity index (χ1n) is 8.59. The minimum absolute atomic E-state index is 0.491. The first-order valence-corrected chi connectivity index (χ1v) is 8.59. The van der Waals surface area contributed by atoms with Gasteiger partial charge in [-0.25, -0.2) is 4.39 Å². The molecule has 0 amide bonds. The monoisotopic (exact) mass is 322 g/mol. The molecular weight excluding hydrogens is 299 g/mol. The molecule has 124 valence electrons. The highest BCUT2D eigenvalue weighted by atomic mass is 19.1. The molecule has 3 rings (SSSR count). The lowest BCUT2D eigenvalue weighted by Crippen LogP contribution is -1.97. The van der Waals surface area contributed by atoms with Crippen LogP contribution in [0.4, 0.5) is 4.39 Å². The van der Waals surface area contributed by atoms with Crippen molar-refractivity contribution in [2.75, 3.05) is 0 Å². The maximum atomic E-state index is 13.6. The van der Waals surface area contributed by atoms with Crippen molar-refractivity contribution in [3.8, 4) is 5.75 Å². The van der Waals surface area contributed by atoms with Crippen LogP contribution in [0.15, 0.2) is 66.8 Å². The Morgan fingerprint density at radius 3 is 2.38 bits per heavy atom. The van der Waals surface area contributed by atoms with E-state index in [0.29, 0.717) is 13.0 Å². The standard InChI is InChI=1S/C22H23FO/c1-2-22(23)20-10-8-17(9-11-20)16-24-21-14-12-19(13-15-21)18-6-4-3-5-7-18/h4,6-15,22H,2-3,5,16H2,1H3. The summed E-state index contributed by atoms with van der Waals surface area (Å²) in [5.41, 5.74) is 4.28. The number of alkyl halides is 1. The smallest absolute Gasteiger partial charge is 0.125 e. The lowest BCUT2D eigenvalue weighted by atomic mass is 10.00. The van der Waals surface area contributed by atoms with Crippen molar-refractivity contribution in [1.82, 2.24) is 0 Å². The van der Waals surface area contributed by atoms with Gasteiger partial charge in [0.2, 0.25) is 0 Å². The zero-order valence-corrected chi connectivity index (χ0v) is 14.0. The van der Waals surface area contributed by atoms with Crippen molar-refractivity contribution >= 4 is 5.57 Å². The molecule has 0 aromatic heterocycles. The van der Waals surface area contributed by atoms with Gasteiger partial charge in [-0.15, -0.1) is 0 Å². The second kappa shape index (κ2) is 7.96. The zero-order valence-electron chi connectivity index (χ0n) is 14.0. The molecule has 1 aliphatic carbocycles. The van der Waals surface area contributed by atoms with Crippen LogP contribution >= 0.6 is 0 Å². The number of allylic oxidation sites excluding steroid dienone is 4. The van der Waals surface area contributed by atoms with E-state index in [4.69, 9.17) is 4.74 Å². The number of halogens is 1. The Morgan fingerprint density at radius 2 is 1.75 bits per heavy atom. The molecule has 0 fully saturated rings. The van der Waals surface area contributed by atoms with Crippen LogP contribution in [0.2, 0.25) is 0 Å². The summed E-state index contributed by atoms with van der Waals surface area (Å²) >= 11 is 0. The van der Waals surface area contributed by atoms with E-state index in [9.17, 15) is 4.39 Å². The third-order valence-corrected chi connectivity index (χ3v) is 4.29. The first kappa shape index (κ1) is 16.5. The molecule has 24 heavy (non-hydrogen) atoms. The van der Waals surface area contributed by atoms with E-state index in [-0.39, 0.29) is 0 Å². The van der Waals surface area contributed by atoms with Gasteiger partial charge in [0.25, 0.3) is 0 Å². The minimum Gasteiger partial charge on any atom is -0.489 e. The molecule has 0 N–H and O–H groups in total. The lowest BCUT2D eigenvalue weighted by Gasteiger charge is -2.10. The van der Waals surface area contributed by atoms with Gasteiger partial charge in [-0.2, -0.15) is 0 Å². The van der Waals surface area contributed by atoms with Crippen molar-refractivity contribution in [1.29, 1.82) is 0 Å². The Hall–Kier alpha value is -2.35. The van der Waals surface area contributed by atoms with Gasteiger partial charge in [0.05, 0.1) is 0 Å². The van der Waals surface area contributed by atoms with E-state index < -0.39 is 6.17 Å². The SMILES string of the molecule is CCC(F)c1ccc(COc2ccc(C3=CCCC=C3)cc2)cc1. The molecule has 0 heterocycles. The zero-order chi connectivity index (χ0) is 16.8. The predicted octanol–water partition coefficient (Wildman–Crippen LogP) is 6.42. The highest BCUT2D eigenvalue weighted by Crippen LogP contribution is 2.24. The van der Waals surface area contributed by atoms with Gasteiger partial charge in [-0.05, 0) is 53.7 Å². The average Bonchev–Trinajstić information content (AvgIpc) is 2.67. The Labute approximate surface area is 143 Å². The third-order valence-electron chi connectivity index (χ3n) is 4.29. The van der Waals surface area contributed by atoms with E-state index in [1.165, 1.54) is 11.1 Å². The molecule has 1 aliphatic rings. The highest BCUT2D eigenvalue weighted by molar-refractivity contribution is 5.74. The number of benzene rings is 2. The van der Waals surface area contributed by atoms with Crippen molar-refractivity contribution in [2.45, 2.75) is 39.0 Å². The van der Waals surface area contributed by atoms with Gasteiger partial charge < -0.3 is 4.74 Å². The second-order valence-electron chi connectivity index (χ2n) is 6.07. The summed E-state index contributed by atoms with van der Waals surface area (Å²) in [6.07, 6.45) is 8.53. The number of rotatable bonds is 6. The largest absolute Gasteiger partial charge is 0.489 e. The molecule has 0 saturated heterocycles. The predicted molar refractivity (Wildman–Crippen MR) is 97.7 cm³/mol. The topological polar surface area (TPSA) is 9.23 Å². The fourth-order valence-corrected chi connectivity index (χ4v) is 2.80. The summed E-state index contributed by atoms with van der Waals surface area (Å²) < 4.78 is 19.4. The van der Waals surface area contributed by atoms with Crippen LogP contribution in [-0.4, -0.2) is 0 Å². The van der Waals surface area contributed by atoms with Crippen LogP contribution in [0.3, 0.4) is 0 Å². The summed E-state index contributed by atoms with van der Waals surface area (Å²) in [5.74, 6) is 0.847. The lowest BCUT2D eigenvalue weighted by molar-refractivity contribution is 0.305. The van der Waals surface area contributed by atoms with Crippen LogP contribution in [0, 0.1) is 0 Å². The molecule has 0 radical (unpaired) electrons. The Bertz CT molecular complexity index is 711. The normalized spacial score (nSPS) is 15.0. The molecule has 2 heteroatoms. The molecule has 1 atom stereocenters. The molecular formula is C22H23FO. The summed E-state index contributed by atoms with van der Waals surface area (Å²) in [5, 5.41) is 0. The molecule has 0 bridgehead atoms. The van der Waals surface area contributed by atoms with Crippen molar-refractivity contribution < 1.29 is 9.13 Å². The quantitative estimate of drug-likeness (QED) is 0.596. The van der Waals surface area contributed by atoms with Crippen LogP contribution in [0.1, 0.15) is 49.0 Å². The summed E-state index contributed by atoms with van der Waals surface area (Å²) in [7, 11) is 0. The molecule has 2 aromatic rings. The van der Waals surface area contributed by atoms with Crippen LogP contribution < -0.4 is 4.74 Å². The van der Waals surface area contributed by atoms with Crippen LogP contribution in [-0.2, 0) is 6.61 Å². The van der Waals surface area contributed by atoms with E-state index in [0.717, 1.165) is 29.7 Å². The van der Waals surface area contributed by atoms with Gasteiger partial charge >= 0.3 is 0 Å². The van der Waals surface area contributed by atoms with E-state index in [1.807, 2.05) is 43.3 Å². The maximum absolute atomic E-state index is 13.6. The molecule has 2 aromatic carbocycles. The van der Waals surface area contributed by atoms with Crippen molar-refractivity contribution in [3.05, 3.63) is 83.4 Å². The van der Waals surface area contributed by atoms with Gasteiger partial charge in [-0.3, -0.25) is 0 Å². The molecule has 0 saturated carbocycles. The molecule has 0 aliphatic heterocycles. The molecule has 1 nitrogen and oxygen atoms in total. The van der Waals surface area contributed by atoms with Gasteiger partial charge in [0, 0.05) is 0 Å². The fourth-order valence-electron chi connectivity index (χ4n) is 2.80. The highest BCUT2D eigenvalue weighted by Gasteiger charge is 2.06. The second-order valence-corrected chi connectivity index (χ2v) is 6.07. The summed E-state index contributed by atoms with van der Waals surface area (Å²) in [6, 6.07) is 15.7. The van der Waals surface area contributed by atoms with Gasteiger partial charge in [0.1, 0.15) is 18.5 Å². The van der Waals surface area contributed by atoms with Crippen LogP contribution in [0.25, 0.3) is 5.57 Å². The number of hydrogen-bond donors (Lipinski definition) is 0. The summed E-state index contributed by atoms with van der Waals surface area (Å²) in [6.45, 7) is 2.34. The maximum Gasteiger partial charge on any atom is 0.125 e. The van der Waals surface area contributed by atoms with Crippen LogP contribution in [0.5, 0.6) is 5.75 Å². The number of ether oxygens (including phenoxy) is 1. The minimum atomic E-state index is -0.879. The van der Waals surface area contributed by atoms with Gasteiger partial charge in [0.15, 0.2) is 0 Å². The Balaban J connectivity index is 1.58. The third kappa shape index (κ3) is 4.14.